The van der Waals surface area contributed by atoms with Crippen LogP contribution in [0.15, 0.2) is 47.6 Å². The van der Waals surface area contributed by atoms with Gasteiger partial charge in [-0.3, -0.25) is 0 Å². The van der Waals surface area contributed by atoms with Crippen molar-refractivity contribution in [2.24, 2.45) is 0 Å². The summed E-state index contributed by atoms with van der Waals surface area (Å²) in [4.78, 5) is 7.44. The Morgan fingerprint density at radius 3 is 2.25 bits per heavy atom. The molecule has 0 aliphatic carbocycles. The van der Waals surface area contributed by atoms with E-state index in [1.54, 1.807) is 0 Å². The molecule has 0 saturated heterocycles. The van der Waals surface area contributed by atoms with Crippen molar-refractivity contribution in [1.82, 2.24) is 14.3 Å². The van der Waals surface area contributed by atoms with Gasteiger partial charge in [-0.15, -0.1) is 0 Å². The average molecular weight is 312 g/mol. The first-order chi connectivity index (χ1) is 9.43. The number of hydrogen-bond acceptors (Lipinski definition) is 4. The second-order valence-electron chi connectivity index (χ2n) is 4.30. The zero-order valence-electron chi connectivity index (χ0n) is 11.1. The summed E-state index contributed by atoms with van der Waals surface area (Å²) in [6.45, 7) is 1.82. The van der Waals surface area contributed by atoms with Crippen LogP contribution in [-0.2, 0) is 10.0 Å². The highest BCUT2D eigenvalue weighted by Crippen LogP contribution is 2.24. The molecule has 0 radical (unpaired) electrons. The van der Waals surface area contributed by atoms with Crippen molar-refractivity contribution in [3.05, 3.63) is 53.6 Å². The molecule has 1 unspecified atom stereocenters. The second-order valence-corrected chi connectivity index (χ2v) is 6.63. The molecule has 20 heavy (non-hydrogen) atoms. The molecular formula is C13H14ClN3O2S. The number of benzene rings is 1. The Morgan fingerprint density at radius 2 is 1.70 bits per heavy atom. The molecule has 1 aromatic heterocycles. The number of rotatable bonds is 4. The van der Waals surface area contributed by atoms with Gasteiger partial charge < -0.3 is 0 Å². The molecule has 0 aliphatic heterocycles. The van der Waals surface area contributed by atoms with Gasteiger partial charge in [0, 0.05) is 13.1 Å². The fraction of sp³-hybridized carbons (Fsp3) is 0.231. The Bertz CT molecular complexity index is 675. The van der Waals surface area contributed by atoms with E-state index < -0.39 is 10.0 Å². The lowest BCUT2D eigenvalue weighted by molar-refractivity contribution is 0.398. The lowest BCUT2D eigenvalue weighted by atomic mass is 10.1. The molecule has 0 spiro atoms. The first-order valence-corrected chi connectivity index (χ1v) is 7.75. The SMILES string of the molecule is CC(c1ccccc1)N(C)S(=O)(=O)c1cnc(Cl)nc1. The van der Waals surface area contributed by atoms with Crippen LogP contribution in [0.5, 0.6) is 0 Å². The summed E-state index contributed by atoms with van der Waals surface area (Å²) in [5.74, 6) is 0. The highest BCUT2D eigenvalue weighted by Gasteiger charge is 2.26. The lowest BCUT2D eigenvalue weighted by Crippen LogP contribution is -2.30. The molecule has 0 fully saturated rings. The number of aromatic nitrogens is 2. The second kappa shape index (κ2) is 5.87. The van der Waals surface area contributed by atoms with E-state index in [1.807, 2.05) is 37.3 Å². The first-order valence-electron chi connectivity index (χ1n) is 5.93. The van der Waals surface area contributed by atoms with E-state index in [9.17, 15) is 8.42 Å². The van der Waals surface area contributed by atoms with Crippen molar-refractivity contribution in [1.29, 1.82) is 0 Å². The maximum Gasteiger partial charge on any atom is 0.246 e. The van der Waals surface area contributed by atoms with Gasteiger partial charge in [-0.2, -0.15) is 4.31 Å². The van der Waals surface area contributed by atoms with Crippen LogP contribution in [-0.4, -0.2) is 29.7 Å². The van der Waals surface area contributed by atoms with Crippen LogP contribution in [0, 0.1) is 0 Å². The molecule has 7 heteroatoms. The van der Waals surface area contributed by atoms with E-state index in [2.05, 4.69) is 9.97 Å². The van der Waals surface area contributed by atoms with Crippen LogP contribution in [0.1, 0.15) is 18.5 Å². The molecule has 0 bridgehead atoms. The van der Waals surface area contributed by atoms with Crippen molar-refractivity contribution >= 4 is 21.6 Å². The third-order valence-electron chi connectivity index (χ3n) is 3.10. The number of nitrogens with zero attached hydrogens (tertiary/aromatic N) is 3. The topological polar surface area (TPSA) is 63.2 Å². The van der Waals surface area contributed by atoms with Crippen molar-refractivity contribution < 1.29 is 8.42 Å². The van der Waals surface area contributed by atoms with Crippen molar-refractivity contribution in [3.63, 3.8) is 0 Å². The van der Waals surface area contributed by atoms with Gasteiger partial charge in [-0.25, -0.2) is 18.4 Å². The van der Waals surface area contributed by atoms with Gasteiger partial charge in [0.25, 0.3) is 0 Å². The number of halogens is 1. The van der Waals surface area contributed by atoms with Crippen molar-refractivity contribution in [2.75, 3.05) is 7.05 Å². The highest BCUT2D eigenvalue weighted by atomic mass is 35.5. The summed E-state index contributed by atoms with van der Waals surface area (Å²) >= 11 is 5.57. The third-order valence-corrected chi connectivity index (χ3v) is 5.18. The summed E-state index contributed by atoms with van der Waals surface area (Å²) in [6.07, 6.45) is 2.41. The smallest absolute Gasteiger partial charge is 0.225 e. The standard InChI is InChI=1S/C13H14ClN3O2S/c1-10(11-6-4-3-5-7-11)17(2)20(18,19)12-8-15-13(14)16-9-12/h3-10H,1-2H3. The van der Waals surface area contributed by atoms with Crippen LogP contribution in [0.4, 0.5) is 0 Å². The molecule has 0 saturated carbocycles. The Kier molecular flexibility index (Phi) is 4.37. The van der Waals surface area contributed by atoms with E-state index in [-0.39, 0.29) is 16.2 Å². The van der Waals surface area contributed by atoms with Gasteiger partial charge in [0.15, 0.2) is 0 Å². The molecule has 1 aromatic carbocycles. The summed E-state index contributed by atoms with van der Waals surface area (Å²) in [5, 5.41) is 0.0164. The van der Waals surface area contributed by atoms with Crippen LogP contribution in [0.3, 0.4) is 0 Å². The summed E-state index contributed by atoms with van der Waals surface area (Å²) in [5.41, 5.74) is 0.911. The van der Waals surface area contributed by atoms with Crippen LogP contribution < -0.4 is 0 Å². The van der Waals surface area contributed by atoms with E-state index in [1.165, 1.54) is 23.7 Å². The maximum absolute atomic E-state index is 12.5. The van der Waals surface area contributed by atoms with Gasteiger partial charge in [0.1, 0.15) is 4.90 Å². The number of hydrogen-bond donors (Lipinski definition) is 0. The summed E-state index contributed by atoms with van der Waals surface area (Å²) < 4.78 is 26.2. The Balaban J connectivity index is 2.32. The molecule has 0 N–H and O–H groups in total. The Hall–Kier alpha value is -1.50. The lowest BCUT2D eigenvalue weighted by Gasteiger charge is -2.24. The molecule has 0 aliphatic rings. The maximum atomic E-state index is 12.5. The molecule has 1 atom stereocenters. The minimum absolute atomic E-state index is 0.0164. The minimum Gasteiger partial charge on any atom is -0.225 e. The average Bonchev–Trinajstić information content (AvgIpc) is 2.47. The van der Waals surface area contributed by atoms with Crippen molar-refractivity contribution in [3.8, 4) is 0 Å². The molecule has 5 nitrogen and oxygen atoms in total. The van der Waals surface area contributed by atoms with Gasteiger partial charge in [0.2, 0.25) is 15.3 Å². The molecular weight excluding hydrogens is 298 g/mol. The highest BCUT2D eigenvalue weighted by molar-refractivity contribution is 7.89. The van der Waals surface area contributed by atoms with Gasteiger partial charge >= 0.3 is 0 Å². The Morgan fingerprint density at radius 1 is 1.15 bits per heavy atom. The van der Waals surface area contributed by atoms with Gasteiger partial charge in [-0.1, -0.05) is 30.3 Å². The van der Waals surface area contributed by atoms with E-state index in [4.69, 9.17) is 11.6 Å². The fourth-order valence-electron chi connectivity index (χ4n) is 1.75. The van der Waals surface area contributed by atoms with Gasteiger partial charge in [-0.05, 0) is 24.1 Å². The minimum atomic E-state index is -3.65. The summed E-state index contributed by atoms with van der Waals surface area (Å²) in [6, 6.07) is 9.11. The summed E-state index contributed by atoms with van der Waals surface area (Å²) in [7, 11) is -2.12. The zero-order valence-corrected chi connectivity index (χ0v) is 12.6. The molecule has 106 valence electrons. The molecule has 0 amide bonds. The van der Waals surface area contributed by atoms with Gasteiger partial charge in [0.05, 0.1) is 12.4 Å². The predicted molar refractivity (Wildman–Crippen MR) is 76.8 cm³/mol. The third kappa shape index (κ3) is 2.98. The zero-order chi connectivity index (χ0) is 14.8. The monoisotopic (exact) mass is 311 g/mol. The van der Waals surface area contributed by atoms with Crippen LogP contribution >= 0.6 is 11.6 Å². The molecule has 2 aromatic rings. The normalized spacial score (nSPS) is 13.4. The van der Waals surface area contributed by atoms with Crippen molar-refractivity contribution in [2.45, 2.75) is 17.9 Å². The van der Waals surface area contributed by atoms with E-state index in [0.717, 1.165) is 5.56 Å². The largest absolute Gasteiger partial charge is 0.246 e. The quantitative estimate of drug-likeness (QED) is 0.814. The molecule has 1 heterocycles. The Labute approximate surface area is 123 Å². The van der Waals surface area contributed by atoms with E-state index >= 15 is 0 Å². The van der Waals surface area contributed by atoms with Crippen LogP contribution in [0.2, 0.25) is 5.28 Å². The van der Waals surface area contributed by atoms with Crippen LogP contribution in [0.25, 0.3) is 0 Å². The predicted octanol–water partition coefficient (Wildman–Crippen LogP) is 2.51. The fourth-order valence-corrected chi connectivity index (χ4v) is 3.09. The van der Waals surface area contributed by atoms with E-state index in [0.29, 0.717) is 0 Å². The number of sulfonamides is 1. The first kappa shape index (κ1) is 14.9. The molecule has 2 rings (SSSR count).